The normalized spacial score (nSPS) is 22.7. The van der Waals surface area contributed by atoms with Crippen LogP contribution in [0.15, 0.2) is 30.5 Å². The zero-order valence-corrected chi connectivity index (χ0v) is 13.9. The molecule has 1 saturated heterocycles. The first-order valence-electron chi connectivity index (χ1n) is 8.12. The van der Waals surface area contributed by atoms with Gasteiger partial charge in [-0.05, 0) is 31.5 Å². The Morgan fingerprint density at radius 1 is 1.38 bits per heavy atom. The van der Waals surface area contributed by atoms with Crippen LogP contribution in [0.4, 0.5) is 5.69 Å². The number of fused-ring (bicyclic) bond motifs is 2. The number of aromatic nitrogens is 2. The summed E-state index contributed by atoms with van der Waals surface area (Å²) in [5.74, 6) is 0.119. The lowest BCUT2D eigenvalue weighted by Gasteiger charge is -2.23. The average molecular weight is 324 g/mol. The summed E-state index contributed by atoms with van der Waals surface area (Å²) in [5.41, 5.74) is 3.64. The Hall–Kier alpha value is -2.47. The molecule has 1 aromatic heterocycles. The van der Waals surface area contributed by atoms with E-state index in [1.165, 1.54) is 0 Å². The summed E-state index contributed by atoms with van der Waals surface area (Å²) < 4.78 is 5.06. The Bertz CT molecular complexity index is 807. The molecule has 124 valence electrons. The lowest BCUT2D eigenvalue weighted by molar-refractivity contribution is -0.120. The van der Waals surface area contributed by atoms with Crippen molar-refractivity contribution in [2.45, 2.75) is 25.3 Å². The first-order valence-corrected chi connectivity index (χ1v) is 8.12. The SMILES string of the molecule is COc1ncc(CN2CCC3(C2)C(=O)Nc2ccccc23)c(C)n1. The number of nitrogens with one attached hydrogen (secondary N) is 1. The topological polar surface area (TPSA) is 67.3 Å². The van der Waals surface area contributed by atoms with Gasteiger partial charge in [-0.2, -0.15) is 0 Å². The van der Waals surface area contributed by atoms with Crippen molar-refractivity contribution in [1.82, 2.24) is 14.9 Å². The highest BCUT2D eigenvalue weighted by Gasteiger charge is 2.50. The number of rotatable bonds is 3. The maximum absolute atomic E-state index is 12.6. The van der Waals surface area contributed by atoms with Crippen LogP contribution in [0.3, 0.4) is 0 Å². The number of carbonyl (C=O) groups is 1. The fourth-order valence-corrected chi connectivity index (χ4v) is 3.77. The van der Waals surface area contributed by atoms with E-state index in [2.05, 4.69) is 26.3 Å². The maximum Gasteiger partial charge on any atom is 0.316 e. The van der Waals surface area contributed by atoms with Gasteiger partial charge >= 0.3 is 6.01 Å². The summed E-state index contributed by atoms with van der Waals surface area (Å²) in [6.45, 7) is 4.31. The second-order valence-corrected chi connectivity index (χ2v) is 6.51. The molecular weight excluding hydrogens is 304 g/mol. The van der Waals surface area contributed by atoms with Crippen LogP contribution >= 0.6 is 0 Å². The molecule has 0 saturated carbocycles. The fourth-order valence-electron chi connectivity index (χ4n) is 3.77. The Morgan fingerprint density at radius 3 is 3.00 bits per heavy atom. The van der Waals surface area contributed by atoms with Gasteiger partial charge in [-0.25, -0.2) is 9.97 Å². The van der Waals surface area contributed by atoms with E-state index in [9.17, 15) is 4.79 Å². The van der Waals surface area contributed by atoms with E-state index in [1.807, 2.05) is 31.3 Å². The van der Waals surface area contributed by atoms with Crippen LogP contribution in [0.5, 0.6) is 6.01 Å². The quantitative estimate of drug-likeness (QED) is 0.934. The molecule has 0 aliphatic carbocycles. The monoisotopic (exact) mass is 324 g/mol. The molecule has 1 N–H and O–H groups in total. The molecule has 0 radical (unpaired) electrons. The van der Waals surface area contributed by atoms with Crippen molar-refractivity contribution in [2.75, 3.05) is 25.5 Å². The lowest BCUT2D eigenvalue weighted by atomic mass is 9.81. The van der Waals surface area contributed by atoms with E-state index in [0.717, 1.165) is 48.6 Å². The van der Waals surface area contributed by atoms with Gasteiger partial charge in [-0.3, -0.25) is 9.69 Å². The van der Waals surface area contributed by atoms with E-state index in [1.54, 1.807) is 7.11 Å². The minimum Gasteiger partial charge on any atom is -0.467 e. The third kappa shape index (κ3) is 2.26. The second kappa shape index (κ2) is 5.56. The summed E-state index contributed by atoms with van der Waals surface area (Å²) >= 11 is 0. The van der Waals surface area contributed by atoms with Crippen LogP contribution in [0.25, 0.3) is 0 Å². The van der Waals surface area contributed by atoms with Crippen LogP contribution in [0, 0.1) is 6.92 Å². The molecule has 1 aromatic carbocycles. The molecule has 3 heterocycles. The summed E-state index contributed by atoms with van der Waals surface area (Å²) in [6.07, 6.45) is 2.65. The molecule has 2 aliphatic heterocycles. The number of ether oxygens (including phenoxy) is 1. The molecule has 1 fully saturated rings. The van der Waals surface area contributed by atoms with E-state index in [0.29, 0.717) is 6.01 Å². The van der Waals surface area contributed by atoms with Crippen LogP contribution in [-0.2, 0) is 16.8 Å². The Kier molecular flexibility index (Phi) is 3.49. The van der Waals surface area contributed by atoms with Crippen molar-refractivity contribution in [3.05, 3.63) is 47.3 Å². The molecule has 1 unspecified atom stereocenters. The molecule has 6 heteroatoms. The van der Waals surface area contributed by atoms with E-state index < -0.39 is 5.41 Å². The minimum absolute atomic E-state index is 0.119. The van der Waals surface area contributed by atoms with Gasteiger partial charge in [0, 0.05) is 36.2 Å². The standard InChI is InChI=1S/C18H20N4O2/c1-12-13(9-19-17(20-12)24-2)10-22-8-7-18(11-22)14-5-3-4-6-15(14)21-16(18)23/h3-6,9H,7-8,10-11H2,1-2H3,(H,21,23). The van der Waals surface area contributed by atoms with Gasteiger partial charge in [0.25, 0.3) is 0 Å². The van der Waals surface area contributed by atoms with Crippen molar-refractivity contribution in [2.24, 2.45) is 0 Å². The average Bonchev–Trinajstić information content (AvgIpc) is 3.13. The molecule has 1 spiro atoms. The molecule has 1 amide bonds. The van der Waals surface area contributed by atoms with Gasteiger partial charge in [0.15, 0.2) is 0 Å². The highest BCUT2D eigenvalue weighted by Crippen LogP contribution is 2.44. The second-order valence-electron chi connectivity index (χ2n) is 6.51. The molecular formula is C18H20N4O2. The third-order valence-electron chi connectivity index (χ3n) is 5.11. The van der Waals surface area contributed by atoms with Crippen molar-refractivity contribution >= 4 is 11.6 Å². The van der Waals surface area contributed by atoms with Gasteiger partial charge in [-0.1, -0.05) is 18.2 Å². The number of para-hydroxylation sites is 1. The van der Waals surface area contributed by atoms with Crippen molar-refractivity contribution in [3.8, 4) is 6.01 Å². The molecule has 4 rings (SSSR count). The molecule has 24 heavy (non-hydrogen) atoms. The first-order chi connectivity index (χ1) is 11.6. The van der Waals surface area contributed by atoms with Crippen LogP contribution in [0.1, 0.15) is 23.2 Å². The highest BCUT2D eigenvalue weighted by molar-refractivity contribution is 6.06. The molecule has 6 nitrogen and oxygen atoms in total. The summed E-state index contributed by atoms with van der Waals surface area (Å²) in [5, 5.41) is 3.03. The molecule has 1 atom stereocenters. The van der Waals surface area contributed by atoms with Crippen LogP contribution in [-0.4, -0.2) is 41.0 Å². The zero-order valence-electron chi connectivity index (χ0n) is 13.9. The largest absolute Gasteiger partial charge is 0.467 e. The van der Waals surface area contributed by atoms with Crippen molar-refractivity contribution in [3.63, 3.8) is 0 Å². The Labute approximate surface area is 140 Å². The maximum atomic E-state index is 12.6. The Balaban J connectivity index is 1.56. The first kappa shape index (κ1) is 15.1. The van der Waals surface area contributed by atoms with Crippen molar-refractivity contribution in [1.29, 1.82) is 0 Å². The number of nitrogens with zero attached hydrogens (tertiary/aromatic N) is 3. The summed E-state index contributed by atoms with van der Waals surface area (Å²) in [7, 11) is 1.56. The number of likely N-dealkylation sites (tertiary alicyclic amines) is 1. The van der Waals surface area contributed by atoms with E-state index in [4.69, 9.17) is 4.74 Å². The van der Waals surface area contributed by atoms with Gasteiger partial charge in [0.1, 0.15) is 0 Å². The summed E-state index contributed by atoms with van der Waals surface area (Å²) in [6, 6.07) is 8.40. The van der Waals surface area contributed by atoms with Gasteiger partial charge in [-0.15, -0.1) is 0 Å². The number of hydrogen-bond donors (Lipinski definition) is 1. The highest BCUT2D eigenvalue weighted by atomic mass is 16.5. The van der Waals surface area contributed by atoms with Crippen LogP contribution in [0.2, 0.25) is 0 Å². The number of carbonyl (C=O) groups excluding carboxylic acids is 1. The van der Waals surface area contributed by atoms with Gasteiger partial charge in [0.2, 0.25) is 5.91 Å². The van der Waals surface area contributed by atoms with Crippen LogP contribution < -0.4 is 10.1 Å². The fraction of sp³-hybridized carbons (Fsp3) is 0.389. The van der Waals surface area contributed by atoms with Gasteiger partial charge in [0.05, 0.1) is 12.5 Å². The number of amides is 1. The minimum atomic E-state index is -0.419. The smallest absolute Gasteiger partial charge is 0.316 e. The number of methoxy groups -OCH3 is 1. The number of benzene rings is 1. The van der Waals surface area contributed by atoms with Gasteiger partial charge < -0.3 is 10.1 Å². The number of aryl methyl sites for hydroxylation is 1. The molecule has 0 bridgehead atoms. The number of anilines is 1. The molecule has 2 aromatic rings. The van der Waals surface area contributed by atoms with Crippen molar-refractivity contribution < 1.29 is 9.53 Å². The van der Waals surface area contributed by atoms with E-state index >= 15 is 0 Å². The Morgan fingerprint density at radius 2 is 2.21 bits per heavy atom. The van der Waals surface area contributed by atoms with E-state index in [-0.39, 0.29) is 5.91 Å². The predicted octanol–water partition coefficient (Wildman–Crippen LogP) is 1.89. The third-order valence-corrected chi connectivity index (χ3v) is 5.11. The lowest BCUT2D eigenvalue weighted by Crippen LogP contribution is -2.37. The summed E-state index contributed by atoms with van der Waals surface area (Å²) in [4.78, 5) is 23.5. The number of hydrogen-bond acceptors (Lipinski definition) is 5. The molecule has 2 aliphatic rings. The zero-order chi connectivity index (χ0) is 16.7. The predicted molar refractivity (Wildman–Crippen MR) is 90.0 cm³/mol.